The lowest BCUT2D eigenvalue weighted by Gasteiger charge is -2.38. The molecule has 0 aromatic carbocycles. The van der Waals surface area contributed by atoms with Crippen LogP contribution in [0.5, 0.6) is 0 Å². The minimum absolute atomic E-state index is 0.491. The molecule has 1 saturated carbocycles. The predicted octanol–water partition coefficient (Wildman–Crippen LogP) is 1.59. The van der Waals surface area contributed by atoms with Crippen molar-refractivity contribution in [3.63, 3.8) is 0 Å². The first-order valence-electron chi connectivity index (χ1n) is 5.81. The SMILES string of the molecule is CCNCC1(S(C)(=O)=O)CCC(C)CC1. The van der Waals surface area contributed by atoms with Crippen molar-refractivity contribution in [3.05, 3.63) is 0 Å². The van der Waals surface area contributed by atoms with Gasteiger partial charge in [0.1, 0.15) is 0 Å². The molecule has 0 amide bonds. The minimum Gasteiger partial charge on any atom is -0.315 e. The fourth-order valence-corrected chi connectivity index (χ4v) is 3.66. The molecule has 3 nitrogen and oxygen atoms in total. The molecule has 0 aromatic heterocycles. The van der Waals surface area contributed by atoms with Crippen molar-refractivity contribution >= 4 is 9.84 Å². The van der Waals surface area contributed by atoms with Crippen LogP contribution in [0.15, 0.2) is 0 Å². The average molecular weight is 233 g/mol. The lowest BCUT2D eigenvalue weighted by molar-refractivity contribution is 0.299. The number of hydrogen-bond donors (Lipinski definition) is 1. The highest BCUT2D eigenvalue weighted by Crippen LogP contribution is 2.36. The molecule has 0 bridgehead atoms. The van der Waals surface area contributed by atoms with E-state index in [1.54, 1.807) is 0 Å². The van der Waals surface area contributed by atoms with Gasteiger partial charge >= 0.3 is 0 Å². The van der Waals surface area contributed by atoms with Crippen molar-refractivity contribution in [2.45, 2.75) is 44.3 Å². The first-order valence-corrected chi connectivity index (χ1v) is 7.71. The first kappa shape index (κ1) is 13.0. The van der Waals surface area contributed by atoms with Crippen LogP contribution >= 0.6 is 0 Å². The zero-order valence-corrected chi connectivity index (χ0v) is 10.9. The van der Waals surface area contributed by atoms with E-state index in [0.29, 0.717) is 12.5 Å². The predicted molar refractivity (Wildman–Crippen MR) is 63.8 cm³/mol. The summed E-state index contributed by atoms with van der Waals surface area (Å²) >= 11 is 0. The molecule has 0 aliphatic heterocycles. The Morgan fingerprint density at radius 3 is 2.27 bits per heavy atom. The van der Waals surface area contributed by atoms with Gasteiger partial charge in [-0.15, -0.1) is 0 Å². The Balaban J connectivity index is 2.79. The summed E-state index contributed by atoms with van der Waals surface area (Å²) in [5.74, 6) is 0.682. The molecule has 1 aliphatic carbocycles. The molecule has 0 spiro atoms. The number of hydrogen-bond acceptors (Lipinski definition) is 3. The summed E-state index contributed by atoms with van der Waals surface area (Å²) in [6.45, 7) is 5.68. The van der Waals surface area contributed by atoms with Crippen molar-refractivity contribution in [3.8, 4) is 0 Å². The van der Waals surface area contributed by atoms with Gasteiger partial charge in [-0.2, -0.15) is 0 Å². The Morgan fingerprint density at radius 2 is 1.87 bits per heavy atom. The molecule has 1 aliphatic rings. The van der Waals surface area contributed by atoms with Crippen molar-refractivity contribution in [2.75, 3.05) is 19.3 Å². The molecular weight excluding hydrogens is 210 g/mol. The standard InChI is InChI=1S/C11H23NO2S/c1-4-12-9-11(15(3,13)14)7-5-10(2)6-8-11/h10,12H,4-9H2,1-3H3. The van der Waals surface area contributed by atoms with Crippen LogP contribution < -0.4 is 5.32 Å². The van der Waals surface area contributed by atoms with Crippen molar-refractivity contribution in [1.29, 1.82) is 0 Å². The lowest BCUT2D eigenvalue weighted by Crippen LogP contribution is -2.49. The molecule has 4 heteroatoms. The summed E-state index contributed by atoms with van der Waals surface area (Å²) in [5, 5.41) is 3.20. The maximum atomic E-state index is 11.9. The summed E-state index contributed by atoms with van der Waals surface area (Å²) in [5.41, 5.74) is 0. The zero-order valence-electron chi connectivity index (χ0n) is 10.0. The first-order chi connectivity index (χ1) is 6.91. The topological polar surface area (TPSA) is 46.2 Å². The second-order valence-electron chi connectivity index (χ2n) is 4.92. The normalized spacial score (nSPS) is 32.9. The third-order valence-corrected chi connectivity index (χ3v) is 5.79. The zero-order chi connectivity index (χ0) is 11.5. The quantitative estimate of drug-likeness (QED) is 0.802. The maximum absolute atomic E-state index is 11.9. The third-order valence-electron chi connectivity index (χ3n) is 3.67. The van der Waals surface area contributed by atoms with Gasteiger partial charge in [0.25, 0.3) is 0 Å². The van der Waals surface area contributed by atoms with Gasteiger partial charge in [0.15, 0.2) is 9.84 Å². The van der Waals surface area contributed by atoms with Gasteiger partial charge < -0.3 is 5.32 Å². The van der Waals surface area contributed by atoms with Crippen LogP contribution in [0.3, 0.4) is 0 Å². The highest BCUT2D eigenvalue weighted by Gasteiger charge is 2.42. The molecule has 0 unspecified atom stereocenters. The van der Waals surface area contributed by atoms with E-state index in [0.717, 1.165) is 32.2 Å². The number of nitrogens with one attached hydrogen (secondary N) is 1. The highest BCUT2D eigenvalue weighted by atomic mass is 32.2. The van der Waals surface area contributed by atoms with Crippen molar-refractivity contribution < 1.29 is 8.42 Å². The molecule has 0 aromatic rings. The van der Waals surface area contributed by atoms with Gasteiger partial charge in [0.2, 0.25) is 0 Å². The van der Waals surface area contributed by atoms with Crippen molar-refractivity contribution in [2.24, 2.45) is 5.92 Å². The lowest BCUT2D eigenvalue weighted by atomic mass is 9.82. The van der Waals surface area contributed by atoms with Gasteiger partial charge in [-0.25, -0.2) is 8.42 Å². The van der Waals surface area contributed by atoms with E-state index < -0.39 is 14.6 Å². The van der Waals surface area contributed by atoms with E-state index in [2.05, 4.69) is 12.2 Å². The highest BCUT2D eigenvalue weighted by molar-refractivity contribution is 7.92. The fraction of sp³-hybridized carbons (Fsp3) is 1.00. The Labute approximate surface area is 93.6 Å². The minimum atomic E-state index is -2.95. The molecule has 0 radical (unpaired) electrons. The van der Waals surface area contributed by atoms with Crippen LogP contribution in [0.1, 0.15) is 39.5 Å². The molecular formula is C11H23NO2S. The van der Waals surface area contributed by atoms with Crippen LogP contribution in [0.4, 0.5) is 0 Å². The van der Waals surface area contributed by atoms with Crippen molar-refractivity contribution in [1.82, 2.24) is 5.32 Å². The van der Waals surface area contributed by atoms with Gasteiger partial charge in [0, 0.05) is 12.8 Å². The average Bonchev–Trinajstić information content (AvgIpc) is 2.16. The number of sulfone groups is 1. The number of rotatable bonds is 4. The summed E-state index contributed by atoms with van der Waals surface area (Å²) in [4.78, 5) is 0. The van der Waals surface area contributed by atoms with Gasteiger partial charge in [-0.05, 0) is 38.1 Å². The smallest absolute Gasteiger partial charge is 0.154 e. The van der Waals surface area contributed by atoms with Crippen LogP contribution in [-0.4, -0.2) is 32.5 Å². The molecule has 0 heterocycles. The molecule has 0 saturated heterocycles. The second kappa shape index (κ2) is 4.83. The Kier molecular flexibility index (Phi) is 4.18. The second-order valence-corrected chi connectivity index (χ2v) is 7.33. The van der Waals surface area contributed by atoms with Gasteiger partial charge in [0.05, 0.1) is 4.75 Å². The largest absolute Gasteiger partial charge is 0.315 e. The van der Waals surface area contributed by atoms with Crippen LogP contribution in [0.2, 0.25) is 0 Å². The monoisotopic (exact) mass is 233 g/mol. The molecule has 1 fully saturated rings. The molecule has 0 atom stereocenters. The molecule has 90 valence electrons. The van der Waals surface area contributed by atoms with Crippen LogP contribution in [0, 0.1) is 5.92 Å². The van der Waals surface area contributed by atoms with Gasteiger partial charge in [-0.3, -0.25) is 0 Å². The maximum Gasteiger partial charge on any atom is 0.154 e. The Bertz CT molecular complexity index is 284. The Morgan fingerprint density at radius 1 is 1.33 bits per heavy atom. The molecule has 1 N–H and O–H groups in total. The van der Waals surface area contributed by atoms with Crippen LogP contribution in [-0.2, 0) is 9.84 Å². The molecule has 15 heavy (non-hydrogen) atoms. The van der Waals surface area contributed by atoms with Gasteiger partial charge in [-0.1, -0.05) is 13.8 Å². The summed E-state index contributed by atoms with van der Waals surface area (Å²) in [7, 11) is -2.95. The van der Waals surface area contributed by atoms with Crippen LogP contribution in [0.25, 0.3) is 0 Å². The third kappa shape index (κ3) is 2.94. The van der Waals surface area contributed by atoms with E-state index in [-0.39, 0.29) is 0 Å². The molecule has 1 rings (SSSR count). The van der Waals surface area contributed by atoms with E-state index in [9.17, 15) is 8.42 Å². The van der Waals surface area contributed by atoms with E-state index in [4.69, 9.17) is 0 Å². The van der Waals surface area contributed by atoms with E-state index in [1.807, 2.05) is 6.92 Å². The summed E-state index contributed by atoms with van der Waals surface area (Å²) in [6.07, 6.45) is 5.11. The summed E-state index contributed by atoms with van der Waals surface area (Å²) in [6, 6.07) is 0. The van der Waals surface area contributed by atoms with E-state index in [1.165, 1.54) is 6.26 Å². The fourth-order valence-electron chi connectivity index (χ4n) is 2.32. The Hall–Kier alpha value is -0.0900. The summed E-state index contributed by atoms with van der Waals surface area (Å²) < 4.78 is 23.3. The van der Waals surface area contributed by atoms with E-state index >= 15 is 0 Å².